The normalized spacial score (nSPS) is 32.2. The lowest BCUT2D eigenvalue weighted by atomic mass is 9.31. The van der Waals surface area contributed by atoms with Crippen molar-refractivity contribution in [2.24, 2.45) is 16.7 Å². The molecular formula is C32H38N2O2. The van der Waals surface area contributed by atoms with Crippen LogP contribution >= 0.6 is 0 Å². The van der Waals surface area contributed by atoms with Crippen LogP contribution in [0, 0.1) is 53.6 Å². The SMILES string of the molecule is CCCC12CC3(c4ccc(C)cc4OC#N)CC(c4ccc(C)cc4OC#N)(C1)CC(C(C)C)(C2)C3. The van der Waals surface area contributed by atoms with Crippen LogP contribution in [0.2, 0.25) is 0 Å². The summed E-state index contributed by atoms with van der Waals surface area (Å²) in [4.78, 5) is 0. The maximum absolute atomic E-state index is 9.52. The van der Waals surface area contributed by atoms with Crippen molar-refractivity contribution in [1.82, 2.24) is 0 Å². The van der Waals surface area contributed by atoms with Gasteiger partial charge in [0.05, 0.1) is 0 Å². The van der Waals surface area contributed by atoms with Gasteiger partial charge in [-0.15, -0.1) is 10.5 Å². The molecule has 0 aromatic heterocycles. The molecular weight excluding hydrogens is 444 g/mol. The lowest BCUT2D eigenvalue weighted by Gasteiger charge is -2.72. The van der Waals surface area contributed by atoms with Gasteiger partial charge in [-0.25, -0.2) is 0 Å². The van der Waals surface area contributed by atoms with Gasteiger partial charge in [-0.1, -0.05) is 51.5 Å². The Hall–Kier alpha value is -2.98. The molecule has 36 heavy (non-hydrogen) atoms. The fourth-order valence-electron chi connectivity index (χ4n) is 9.31. The highest BCUT2D eigenvalue weighted by Crippen LogP contribution is 2.77. The first-order valence-corrected chi connectivity index (χ1v) is 13.5. The topological polar surface area (TPSA) is 66.0 Å². The monoisotopic (exact) mass is 482 g/mol. The Bertz CT molecular complexity index is 1180. The average molecular weight is 483 g/mol. The van der Waals surface area contributed by atoms with E-state index < -0.39 is 0 Å². The lowest BCUT2D eigenvalue weighted by molar-refractivity contribution is -0.163. The second-order valence-corrected chi connectivity index (χ2v) is 12.8. The molecule has 0 amide bonds. The van der Waals surface area contributed by atoms with E-state index in [2.05, 4.69) is 58.9 Å². The zero-order valence-corrected chi connectivity index (χ0v) is 22.4. The molecule has 188 valence electrons. The van der Waals surface area contributed by atoms with E-state index >= 15 is 0 Å². The van der Waals surface area contributed by atoms with Crippen molar-refractivity contribution in [1.29, 1.82) is 10.5 Å². The molecule has 0 N–H and O–H groups in total. The maximum Gasteiger partial charge on any atom is 0.292 e. The predicted molar refractivity (Wildman–Crippen MR) is 141 cm³/mol. The largest absolute Gasteiger partial charge is 0.388 e. The van der Waals surface area contributed by atoms with Gasteiger partial charge in [-0.2, -0.15) is 0 Å². The number of rotatable bonds is 7. The van der Waals surface area contributed by atoms with E-state index in [0.29, 0.717) is 5.92 Å². The molecule has 6 rings (SSSR count). The molecule has 0 saturated heterocycles. The van der Waals surface area contributed by atoms with Crippen molar-refractivity contribution in [3.63, 3.8) is 0 Å². The molecule has 4 fully saturated rings. The third kappa shape index (κ3) is 3.69. The van der Waals surface area contributed by atoms with Gasteiger partial charge in [-0.3, -0.25) is 0 Å². The molecule has 4 aliphatic rings. The zero-order chi connectivity index (χ0) is 25.8. The van der Waals surface area contributed by atoms with Crippen LogP contribution < -0.4 is 9.47 Å². The Morgan fingerprint density at radius 2 is 1.28 bits per heavy atom. The van der Waals surface area contributed by atoms with Crippen molar-refractivity contribution < 1.29 is 9.47 Å². The minimum Gasteiger partial charge on any atom is -0.388 e. The van der Waals surface area contributed by atoms with Crippen molar-refractivity contribution in [3.8, 4) is 24.0 Å². The standard InChI is InChI=1S/C32H38N2O2/c1-6-11-29-14-30(22(2)3)17-31(15-29,25-9-7-23(4)12-27(25)35-20-33)19-32(16-29,18-30)26-10-8-24(5)13-28(26)36-21-34/h7-10,12-13,22H,6,11,14-19H2,1-5H3. The van der Waals surface area contributed by atoms with Gasteiger partial charge < -0.3 is 9.47 Å². The van der Waals surface area contributed by atoms with Crippen molar-refractivity contribution in [2.45, 2.75) is 96.8 Å². The van der Waals surface area contributed by atoms with Gasteiger partial charge in [0.2, 0.25) is 0 Å². The molecule has 0 radical (unpaired) electrons. The van der Waals surface area contributed by atoms with Gasteiger partial charge in [-0.05, 0) is 98.8 Å². The third-order valence-corrected chi connectivity index (χ3v) is 9.94. The van der Waals surface area contributed by atoms with Crippen LogP contribution in [-0.4, -0.2) is 0 Å². The summed E-state index contributed by atoms with van der Waals surface area (Å²) in [5.41, 5.74) is 4.84. The van der Waals surface area contributed by atoms with E-state index in [9.17, 15) is 10.5 Å². The van der Waals surface area contributed by atoms with Gasteiger partial charge in [0.15, 0.2) is 0 Å². The van der Waals surface area contributed by atoms with Gasteiger partial charge in [0.1, 0.15) is 11.5 Å². The van der Waals surface area contributed by atoms with E-state index in [0.717, 1.165) is 61.2 Å². The molecule has 2 aromatic rings. The van der Waals surface area contributed by atoms with Crippen LogP contribution in [0.5, 0.6) is 11.5 Å². The fraction of sp³-hybridized carbons (Fsp3) is 0.562. The minimum atomic E-state index is -0.0805. The Kier molecular flexibility index (Phi) is 5.87. The number of hydrogen-bond acceptors (Lipinski definition) is 4. The van der Waals surface area contributed by atoms with Crippen molar-refractivity contribution >= 4 is 0 Å². The molecule has 0 spiro atoms. The summed E-state index contributed by atoms with van der Waals surface area (Å²) in [7, 11) is 0. The summed E-state index contributed by atoms with van der Waals surface area (Å²) >= 11 is 0. The van der Waals surface area contributed by atoms with Crippen LogP contribution in [0.3, 0.4) is 0 Å². The number of ether oxygens (including phenoxy) is 2. The highest BCUT2D eigenvalue weighted by Gasteiger charge is 2.69. The van der Waals surface area contributed by atoms with Gasteiger partial charge >= 0.3 is 0 Å². The molecule has 2 atom stereocenters. The van der Waals surface area contributed by atoms with E-state index in [1.807, 2.05) is 24.6 Å². The maximum atomic E-state index is 9.52. The number of hydrogen-bond donors (Lipinski definition) is 0. The Balaban J connectivity index is 1.78. The molecule has 0 aliphatic heterocycles. The highest BCUT2D eigenvalue weighted by molar-refractivity contribution is 5.51. The van der Waals surface area contributed by atoms with Crippen LogP contribution in [0.4, 0.5) is 0 Å². The third-order valence-electron chi connectivity index (χ3n) is 9.94. The number of benzene rings is 2. The Morgan fingerprint density at radius 1 is 0.778 bits per heavy atom. The molecule has 4 saturated carbocycles. The van der Waals surface area contributed by atoms with Crippen molar-refractivity contribution in [2.75, 3.05) is 0 Å². The predicted octanol–water partition coefficient (Wildman–Crippen LogP) is 8.01. The Morgan fingerprint density at radius 3 is 1.69 bits per heavy atom. The van der Waals surface area contributed by atoms with Crippen LogP contribution in [0.1, 0.15) is 94.4 Å². The average Bonchev–Trinajstić information content (AvgIpc) is 2.78. The van der Waals surface area contributed by atoms with Crippen molar-refractivity contribution in [3.05, 3.63) is 58.7 Å². The molecule has 4 nitrogen and oxygen atoms in total. The van der Waals surface area contributed by atoms with Crippen LogP contribution in [-0.2, 0) is 10.8 Å². The molecule has 4 bridgehead atoms. The van der Waals surface area contributed by atoms with E-state index in [1.165, 1.54) is 24.0 Å². The minimum absolute atomic E-state index is 0.0805. The number of aryl methyl sites for hydroxylation is 2. The fourth-order valence-corrected chi connectivity index (χ4v) is 9.31. The summed E-state index contributed by atoms with van der Waals surface area (Å²) in [5.74, 6) is 1.97. The summed E-state index contributed by atoms with van der Waals surface area (Å²) in [5, 5.41) is 19.0. The molecule has 2 aromatic carbocycles. The van der Waals surface area contributed by atoms with E-state index in [1.54, 1.807) is 0 Å². The molecule has 4 heteroatoms. The summed E-state index contributed by atoms with van der Waals surface area (Å²) in [6, 6.07) is 12.9. The first-order valence-electron chi connectivity index (χ1n) is 13.5. The smallest absolute Gasteiger partial charge is 0.292 e. The van der Waals surface area contributed by atoms with E-state index in [-0.39, 0.29) is 21.7 Å². The molecule has 0 heterocycles. The lowest BCUT2D eigenvalue weighted by Crippen LogP contribution is -2.65. The highest BCUT2D eigenvalue weighted by atomic mass is 16.5. The molecule has 4 aliphatic carbocycles. The summed E-state index contributed by atoms with van der Waals surface area (Å²) in [6.45, 7) is 11.2. The second kappa shape index (κ2) is 8.55. The zero-order valence-electron chi connectivity index (χ0n) is 22.4. The number of nitriles is 2. The first kappa shape index (κ1) is 24.7. The van der Waals surface area contributed by atoms with Gasteiger partial charge in [0.25, 0.3) is 12.5 Å². The molecule has 2 unspecified atom stereocenters. The summed E-state index contributed by atoms with van der Waals surface area (Å²) in [6.07, 6.45) is 13.1. The quantitative estimate of drug-likeness (QED) is 0.375. The summed E-state index contributed by atoms with van der Waals surface area (Å²) < 4.78 is 11.3. The van der Waals surface area contributed by atoms with Crippen LogP contribution in [0.25, 0.3) is 0 Å². The van der Waals surface area contributed by atoms with Crippen LogP contribution in [0.15, 0.2) is 36.4 Å². The second-order valence-electron chi connectivity index (χ2n) is 12.8. The van der Waals surface area contributed by atoms with E-state index in [4.69, 9.17) is 9.47 Å². The number of nitrogens with zero attached hydrogens (tertiary/aromatic N) is 2. The van der Waals surface area contributed by atoms with Gasteiger partial charge in [0, 0.05) is 22.0 Å². The Labute approximate surface area is 216 Å². The first-order chi connectivity index (χ1) is 17.1.